The number of hydrogen-bond donors (Lipinski definition) is 1. The maximum absolute atomic E-state index is 5.39. The zero-order valence-corrected chi connectivity index (χ0v) is 14.9. The predicted molar refractivity (Wildman–Crippen MR) is 92.0 cm³/mol. The van der Waals surface area contributed by atoms with E-state index in [1.165, 1.54) is 12.8 Å². The smallest absolute Gasteiger partial charge is 0.241 e. The van der Waals surface area contributed by atoms with Crippen molar-refractivity contribution in [3.63, 3.8) is 0 Å². The van der Waals surface area contributed by atoms with Gasteiger partial charge >= 0.3 is 0 Å². The van der Waals surface area contributed by atoms with Crippen molar-refractivity contribution in [1.29, 1.82) is 0 Å². The predicted octanol–water partition coefficient (Wildman–Crippen LogP) is 3.10. The number of nitrogens with one attached hydrogen (secondary N) is 1. The summed E-state index contributed by atoms with van der Waals surface area (Å²) in [5.74, 6) is 1.33. The Bertz CT molecular complexity index is 607. The third kappa shape index (κ3) is 4.29. The van der Waals surface area contributed by atoms with Crippen molar-refractivity contribution in [1.82, 2.24) is 20.4 Å². The zero-order valence-electron chi connectivity index (χ0n) is 12.5. The molecule has 1 atom stereocenters. The number of nitrogens with zero attached hydrogens (tertiary/aromatic N) is 3. The fourth-order valence-corrected chi connectivity index (χ4v) is 3.09. The van der Waals surface area contributed by atoms with E-state index >= 15 is 0 Å². The first-order valence-electron chi connectivity index (χ1n) is 7.23. The monoisotopic (exact) mass is 386 g/mol. The van der Waals surface area contributed by atoms with Crippen molar-refractivity contribution in [2.75, 3.05) is 20.1 Å². The molecule has 0 amide bonds. The van der Waals surface area contributed by atoms with Crippen LogP contribution in [0.5, 0.6) is 0 Å². The van der Waals surface area contributed by atoms with Crippen LogP contribution in [-0.4, -0.2) is 41.2 Å². The van der Waals surface area contributed by atoms with Crippen molar-refractivity contribution >= 4 is 28.3 Å². The van der Waals surface area contributed by atoms with Gasteiger partial charge in [0, 0.05) is 22.6 Å². The Morgan fingerprint density at radius 3 is 3.09 bits per heavy atom. The van der Waals surface area contributed by atoms with Crippen LogP contribution in [0, 0.1) is 0 Å². The molecule has 1 fully saturated rings. The molecule has 2 heterocycles. The molecule has 1 aliphatic rings. The van der Waals surface area contributed by atoms with Gasteiger partial charge in [0.15, 0.2) is 0 Å². The highest BCUT2D eigenvalue weighted by molar-refractivity contribution is 9.10. The molecule has 0 radical (unpaired) electrons. The normalized spacial score (nSPS) is 18.9. The first-order chi connectivity index (χ1) is 10.2. The lowest BCUT2D eigenvalue weighted by molar-refractivity contribution is 0.167. The minimum atomic E-state index is 0. The van der Waals surface area contributed by atoms with E-state index in [0.717, 1.165) is 29.7 Å². The van der Waals surface area contributed by atoms with Crippen LogP contribution in [0.15, 0.2) is 33.3 Å². The summed E-state index contributed by atoms with van der Waals surface area (Å²) in [5, 5.41) is 7.43. The van der Waals surface area contributed by atoms with Gasteiger partial charge in [-0.1, -0.05) is 33.2 Å². The molecule has 1 saturated heterocycles. The maximum atomic E-state index is 5.39. The second-order valence-electron chi connectivity index (χ2n) is 5.39. The summed E-state index contributed by atoms with van der Waals surface area (Å²) in [7, 11) is 2.02. The summed E-state index contributed by atoms with van der Waals surface area (Å²) < 4.78 is 6.41. The molecule has 0 spiro atoms. The molecule has 7 heteroatoms. The number of halogens is 2. The van der Waals surface area contributed by atoms with Crippen LogP contribution in [0.1, 0.15) is 18.7 Å². The number of piperidine rings is 1. The second-order valence-corrected chi connectivity index (χ2v) is 6.30. The highest BCUT2D eigenvalue weighted by atomic mass is 79.9. The summed E-state index contributed by atoms with van der Waals surface area (Å²) in [4.78, 5) is 6.87. The van der Waals surface area contributed by atoms with Crippen molar-refractivity contribution in [2.45, 2.75) is 25.4 Å². The lowest BCUT2D eigenvalue weighted by atomic mass is 10.1. The van der Waals surface area contributed by atoms with Gasteiger partial charge in [-0.3, -0.25) is 4.90 Å². The Hall–Kier alpha value is -0.950. The molecule has 1 aliphatic heterocycles. The Morgan fingerprint density at radius 1 is 1.45 bits per heavy atom. The number of likely N-dealkylation sites (N-methyl/N-ethyl adjacent to an activating group) is 1. The van der Waals surface area contributed by atoms with Crippen molar-refractivity contribution in [3.8, 4) is 11.4 Å². The summed E-state index contributed by atoms with van der Waals surface area (Å²) >= 11 is 3.46. The van der Waals surface area contributed by atoms with E-state index in [1.54, 1.807) is 0 Å². The molecule has 1 aromatic carbocycles. The van der Waals surface area contributed by atoms with Crippen molar-refractivity contribution < 1.29 is 4.52 Å². The number of benzene rings is 1. The summed E-state index contributed by atoms with van der Waals surface area (Å²) in [6, 6.07) is 8.49. The molecule has 3 rings (SSSR count). The maximum Gasteiger partial charge on any atom is 0.241 e. The first-order valence-corrected chi connectivity index (χ1v) is 8.02. The zero-order chi connectivity index (χ0) is 14.7. The Labute approximate surface area is 145 Å². The Morgan fingerprint density at radius 2 is 2.32 bits per heavy atom. The molecule has 1 aromatic heterocycles. The quantitative estimate of drug-likeness (QED) is 0.873. The molecule has 0 bridgehead atoms. The minimum absolute atomic E-state index is 0. The Balaban J connectivity index is 0.00000176. The number of hydrogen-bond acceptors (Lipinski definition) is 5. The van der Waals surface area contributed by atoms with Crippen LogP contribution in [0.4, 0.5) is 0 Å². The van der Waals surface area contributed by atoms with Gasteiger partial charge in [0.05, 0.1) is 6.54 Å². The van der Waals surface area contributed by atoms with Gasteiger partial charge in [-0.05, 0) is 38.6 Å². The van der Waals surface area contributed by atoms with Gasteiger partial charge in [0.1, 0.15) is 0 Å². The molecule has 1 N–H and O–H groups in total. The fourth-order valence-electron chi connectivity index (χ4n) is 2.69. The highest BCUT2D eigenvalue weighted by Gasteiger charge is 2.20. The fraction of sp³-hybridized carbons (Fsp3) is 0.467. The molecule has 1 unspecified atom stereocenters. The van der Waals surface area contributed by atoms with Gasteiger partial charge in [-0.2, -0.15) is 4.98 Å². The van der Waals surface area contributed by atoms with Gasteiger partial charge in [-0.25, -0.2) is 0 Å². The minimum Gasteiger partial charge on any atom is -0.338 e. The van der Waals surface area contributed by atoms with Gasteiger partial charge < -0.3 is 9.84 Å². The standard InChI is InChI=1S/C15H19BrN4O.ClH/c1-17-13-6-3-7-20(9-13)10-14-18-15(19-21-14)11-4-2-5-12(16)8-11;/h2,4-5,8,13,17H,3,6-7,9-10H2,1H3;1H. The largest absolute Gasteiger partial charge is 0.338 e. The molecule has 120 valence electrons. The summed E-state index contributed by atoms with van der Waals surface area (Å²) in [6.45, 7) is 2.84. The van der Waals surface area contributed by atoms with Crippen LogP contribution in [0.3, 0.4) is 0 Å². The van der Waals surface area contributed by atoms with E-state index in [1.807, 2.05) is 31.3 Å². The lowest BCUT2D eigenvalue weighted by Crippen LogP contribution is -2.43. The van der Waals surface area contributed by atoms with Gasteiger partial charge in [0.2, 0.25) is 11.7 Å². The van der Waals surface area contributed by atoms with Crippen LogP contribution in [-0.2, 0) is 6.54 Å². The van der Waals surface area contributed by atoms with Crippen LogP contribution >= 0.6 is 28.3 Å². The van der Waals surface area contributed by atoms with Gasteiger partial charge in [-0.15, -0.1) is 12.4 Å². The third-order valence-corrected chi connectivity index (χ3v) is 4.32. The SMILES string of the molecule is CNC1CCCN(Cc2nc(-c3cccc(Br)c3)no2)C1.Cl. The summed E-state index contributed by atoms with van der Waals surface area (Å²) in [6.07, 6.45) is 2.44. The highest BCUT2D eigenvalue weighted by Crippen LogP contribution is 2.21. The van der Waals surface area contributed by atoms with Crippen molar-refractivity contribution in [3.05, 3.63) is 34.6 Å². The second kappa shape index (κ2) is 8.06. The lowest BCUT2D eigenvalue weighted by Gasteiger charge is -2.31. The molecular weight excluding hydrogens is 368 g/mol. The average Bonchev–Trinajstić information content (AvgIpc) is 2.96. The molecule has 2 aromatic rings. The molecule has 22 heavy (non-hydrogen) atoms. The summed E-state index contributed by atoms with van der Waals surface area (Å²) in [5.41, 5.74) is 0.964. The van der Waals surface area contributed by atoms with E-state index in [2.05, 4.69) is 36.3 Å². The number of aromatic nitrogens is 2. The molecular formula is C15H20BrClN4O. The van der Waals surface area contributed by atoms with Crippen LogP contribution in [0.2, 0.25) is 0 Å². The van der Waals surface area contributed by atoms with Crippen LogP contribution < -0.4 is 5.32 Å². The Kier molecular flexibility index (Phi) is 6.37. The average molecular weight is 388 g/mol. The molecule has 5 nitrogen and oxygen atoms in total. The third-order valence-electron chi connectivity index (χ3n) is 3.82. The van der Waals surface area contributed by atoms with E-state index in [0.29, 0.717) is 17.8 Å². The van der Waals surface area contributed by atoms with E-state index in [-0.39, 0.29) is 12.4 Å². The van der Waals surface area contributed by atoms with Gasteiger partial charge in [0.25, 0.3) is 0 Å². The molecule has 0 aliphatic carbocycles. The van der Waals surface area contributed by atoms with E-state index < -0.39 is 0 Å². The number of likely N-dealkylation sites (tertiary alicyclic amines) is 1. The van der Waals surface area contributed by atoms with Crippen LogP contribution in [0.25, 0.3) is 11.4 Å². The number of rotatable bonds is 4. The topological polar surface area (TPSA) is 54.2 Å². The van der Waals surface area contributed by atoms with E-state index in [9.17, 15) is 0 Å². The van der Waals surface area contributed by atoms with E-state index in [4.69, 9.17) is 4.52 Å². The first kappa shape index (κ1) is 17.4. The van der Waals surface area contributed by atoms with Crippen molar-refractivity contribution in [2.24, 2.45) is 0 Å². The molecule has 0 saturated carbocycles.